The average molecular weight is 252 g/mol. The molecule has 0 fully saturated rings. The second kappa shape index (κ2) is 9.48. The fourth-order valence-corrected chi connectivity index (χ4v) is 2.18. The zero-order valence-electron chi connectivity index (χ0n) is 11.0. The van der Waals surface area contributed by atoms with Gasteiger partial charge in [-0.3, -0.25) is 0 Å². The van der Waals surface area contributed by atoms with Crippen LogP contribution >= 0.6 is 9.47 Å². The molecule has 96 valence electrons. The third-order valence-corrected chi connectivity index (χ3v) is 3.40. The Hall–Kier alpha value is -0.550. The van der Waals surface area contributed by atoms with Crippen molar-refractivity contribution in [3.05, 3.63) is 29.8 Å². The number of aryl methyl sites for hydroxylation is 1. The van der Waals surface area contributed by atoms with Gasteiger partial charge in [-0.05, 0) is 30.5 Å². The van der Waals surface area contributed by atoms with Gasteiger partial charge >= 0.3 is 0 Å². The van der Waals surface area contributed by atoms with Gasteiger partial charge in [-0.15, -0.1) is 0 Å². The van der Waals surface area contributed by atoms with Gasteiger partial charge in [0.2, 0.25) is 0 Å². The number of rotatable bonds is 9. The van der Waals surface area contributed by atoms with Gasteiger partial charge in [0.15, 0.2) is 0 Å². The van der Waals surface area contributed by atoms with Crippen molar-refractivity contribution < 1.29 is 4.52 Å². The number of hydrogen-bond donors (Lipinski definition) is 0. The SMILES string of the molecule is CCCCCCCCCc1ccc(OP)cc1. The second-order valence-corrected chi connectivity index (χ2v) is 4.87. The summed E-state index contributed by atoms with van der Waals surface area (Å²) in [5.41, 5.74) is 1.42. The van der Waals surface area contributed by atoms with Gasteiger partial charge in [-0.2, -0.15) is 0 Å². The molecule has 0 spiro atoms. The number of benzene rings is 1. The zero-order chi connectivity index (χ0) is 12.3. The molecule has 2 heteroatoms. The van der Waals surface area contributed by atoms with Crippen molar-refractivity contribution in [1.82, 2.24) is 0 Å². The van der Waals surface area contributed by atoms with Crippen LogP contribution in [0.4, 0.5) is 0 Å². The maximum atomic E-state index is 5.07. The van der Waals surface area contributed by atoms with Gasteiger partial charge in [-0.1, -0.05) is 57.6 Å². The van der Waals surface area contributed by atoms with Crippen LogP contribution in [-0.2, 0) is 6.42 Å². The van der Waals surface area contributed by atoms with Crippen LogP contribution in [0.15, 0.2) is 24.3 Å². The van der Waals surface area contributed by atoms with Gasteiger partial charge in [0, 0.05) is 0 Å². The van der Waals surface area contributed by atoms with E-state index in [1.54, 1.807) is 0 Å². The first-order chi connectivity index (χ1) is 8.36. The van der Waals surface area contributed by atoms with Crippen molar-refractivity contribution in [1.29, 1.82) is 0 Å². The minimum Gasteiger partial charge on any atom is -0.480 e. The Balaban J connectivity index is 2.05. The quantitative estimate of drug-likeness (QED) is 0.436. The molecule has 1 nitrogen and oxygen atoms in total. The molecular weight excluding hydrogens is 227 g/mol. The van der Waals surface area contributed by atoms with Crippen molar-refractivity contribution in [3.63, 3.8) is 0 Å². The molecule has 1 rings (SSSR count). The highest BCUT2D eigenvalue weighted by atomic mass is 31.0. The fourth-order valence-electron chi connectivity index (χ4n) is 2.02. The predicted molar refractivity (Wildman–Crippen MR) is 78.5 cm³/mol. The van der Waals surface area contributed by atoms with E-state index in [4.69, 9.17) is 4.52 Å². The second-order valence-electron chi connectivity index (χ2n) is 4.63. The van der Waals surface area contributed by atoms with Crippen molar-refractivity contribution in [2.45, 2.75) is 58.3 Å². The summed E-state index contributed by atoms with van der Waals surface area (Å²) in [5.74, 6) is 0.915. The molecule has 1 aromatic rings. The summed E-state index contributed by atoms with van der Waals surface area (Å²) >= 11 is 0. The zero-order valence-corrected chi connectivity index (χ0v) is 12.1. The molecule has 0 saturated heterocycles. The number of unbranched alkanes of at least 4 members (excludes halogenated alkanes) is 6. The molecule has 0 aliphatic heterocycles. The summed E-state index contributed by atoms with van der Waals surface area (Å²) in [6.45, 7) is 2.27. The average Bonchev–Trinajstić information content (AvgIpc) is 2.38. The molecule has 0 radical (unpaired) electrons. The van der Waals surface area contributed by atoms with Crippen LogP contribution in [0, 0.1) is 0 Å². The minimum atomic E-state index is 0.915. The lowest BCUT2D eigenvalue weighted by Gasteiger charge is -2.03. The van der Waals surface area contributed by atoms with E-state index in [2.05, 4.69) is 28.5 Å². The minimum absolute atomic E-state index is 0.915. The molecule has 1 unspecified atom stereocenters. The van der Waals surface area contributed by atoms with Crippen molar-refractivity contribution in [3.8, 4) is 5.75 Å². The summed E-state index contributed by atoms with van der Waals surface area (Å²) < 4.78 is 5.07. The van der Waals surface area contributed by atoms with Crippen LogP contribution in [-0.4, -0.2) is 0 Å². The highest BCUT2D eigenvalue weighted by molar-refractivity contribution is 7.10. The largest absolute Gasteiger partial charge is 0.480 e. The summed E-state index contributed by atoms with van der Waals surface area (Å²) in [4.78, 5) is 0. The van der Waals surface area contributed by atoms with Crippen LogP contribution in [0.2, 0.25) is 0 Å². The summed E-state index contributed by atoms with van der Waals surface area (Å²) in [6, 6.07) is 8.39. The molecule has 0 aliphatic rings. The van der Waals surface area contributed by atoms with Gasteiger partial charge < -0.3 is 4.52 Å². The molecular formula is C15H25OP. The van der Waals surface area contributed by atoms with E-state index >= 15 is 0 Å². The summed E-state index contributed by atoms with van der Waals surface area (Å²) in [5, 5.41) is 0. The van der Waals surface area contributed by atoms with E-state index in [9.17, 15) is 0 Å². The molecule has 0 heterocycles. The van der Waals surface area contributed by atoms with Crippen LogP contribution in [0.1, 0.15) is 57.4 Å². The maximum absolute atomic E-state index is 5.07. The monoisotopic (exact) mass is 252 g/mol. The highest BCUT2D eigenvalue weighted by Gasteiger charge is 1.95. The molecule has 0 aromatic heterocycles. The lowest BCUT2D eigenvalue weighted by atomic mass is 10.0. The van der Waals surface area contributed by atoms with E-state index in [0.717, 1.165) is 5.75 Å². The van der Waals surface area contributed by atoms with E-state index in [1.165, 1.54) is 56.9 Å². The normalized spacial score (nSPS) is 10.5. The first-order valence-electron chi connectivity index (χ1n) is 6.82. The molecule has 0 bridgehead atoms. The highest BCUT2D eigenvalue weighted by Crippen LogP contribution is 2.16. The fraction of sp³-hybridized carbons (Fsp3) is 0.600. The van der Waals surface area contributed by atoms with Crippen molar-refractivity contribution >= 4 is 9.47 Å². The lowest BCUT2D eigenvalue weighted by Crippen LogP contribution is -1.86. The first-order valence-corrected chi connectivity index (χ1v) is 7.29. The summed E-state index contributed by atoms with van der Waals surface area (Å²) in [7, 11) is 2.27. The Bertz CT molecular complexity index is 281. The Labute approximate surface area is 108 Å². The maximum Gasteiger partial charge on any atom is 0.122 e. The molecule has 0 amide bonds. The summed E-state index contributed by atoms with van der Waals surface area (Å²) in [6.07, 6.45) is 10.8. The lowest BCUT2D eigenvalue weighted by molar-refractivity contribution is 0.589. The van der Waals surface area contributed by atoms with Gasteiger partial charge in [0.25, 0.3) is 0 Å². The van der Waals surface area contributed by atoms with Gasteiger partial charge in [0.05, 0.1) is 9.47 Å². The molecule has 0 aliphatic carbocycles. The Morgan fingerprint density at radius 1 is 0.882 bits per heavy atom. The first kappa shape index (κ1) is 14.5. The van der Waals surface area contributed by atoms with Crippen molar-refractivity contribution in [2.75, 3.05) is 0 Å². The van der Waals surface area contributed by atoms with E-state index in [0.29, 0.717) is 0 Å². The van der Waals surface area contributed by atoms with Crippen LogP contribution < -0.4 is 4.52 Å². The molecule has 0 N–H and O–H groups in total. The predicted octanol–water partition coefficient (Wildman–Crippen LogP) is 5.15. The topological polar surface area (TPSA) is 9.23 Å². The van der Waals surface area contributed by atoms with Crippen LogP contribution in [0.3, 0.4) is 0 Å². The van der Waals surface area contributed by atoms with Crippen LogP contribution in [0.5, 0.6) is 5.75 Å². The third-order valence-electron chi connectivity index (χ3n) is 3.13. The molecule has 17 heavy (non-hydrogen) atoms. The van der Waals surface area contributed by atoms with E-state index < -0.39 is 0 Å². The molecule has 1 atom stereocenters. The van der Waals surface area contributed by atoms with Crippen molar-refractivity contribution in [2.24, 2.45) is 0 Å². The Morgan fingerprint density at radius 2 is 1.47 bits per heavy atom. The smallest absolute Gasteiger partial charge is 0.122 e. The van der Waals surface area contributed by atoms with Crippen LogP contribution in [0.25, 0.3) is 0 Å². The van der Waals surface area contributed by atoms with Gasteiger partial charge in [-0.25, -0.2) is 0 Å². The Kier molecular flexibility index (Phi) is 8.09. The molecule has 1 aromatic carbocycles. The molecule has 0 saturated carbocycles. The van der Waals surface area contributed by atoms with E-state index in [1.807, 2.05) is 12.1 Å². The standard InChI is InChI=1S/C15H25OP/c1-2-3-4-5-6-7-8-9-14-10-12-15(16-17)13-11-14/h10-13H,2-9,17H2,1H3. The van der Waals surface area contributed by atoms with Gasteiger partial charge in [0.1, 0.15) is 5.75 Å². The van der Waals surface area contributed by atoms with E-state index in [-0.39, 0.29) is 0 Å². The third kappa shape index (κ3) is 6.68. The number of hydrogen-bond acceptors (Lipinski definition) is 1. The Morgan fingerprint density at radius 3 is 2.06 bits per heavy atom.